The second-order valence-corrected chi connectivity index (χ2v) is 19.0. The lowest BCUT2D eigenvalue weighted by Crippen LogP contribution is -2.25. The molecule has 0 fully saturated rings. The summed E-state index contributed by atoms with van der Waals surface area (Å²) in [6.07, 6.45) is 19.3. The van der Waals surface area contributed by atoms with Crippen LogP contribution in [0.2, 0.25) is 0 Å². The van der Waals surface area contributed by atoms with Crippen LogP contribution in [0.25, 0.3) is 0 Å². The predicted octanol–water partition coefficient (Wildman–Crippen LogP) is 18.3. The van der Waals surface area contributed by atoms with E-state index in [0.29, 0.717) is 0 Å². The summed E-state index contributed by atoms with van der Waals surface area (Å²) in [6, 6.07) is 46.7. The Kier molecular flexibility index (Phi) is 24.1. The predicted molar refractivity (Wildman–Crippen MR) is 304 cm³/mol. The summed E-state index contributed by atoms with van der Waals surface area (Å²) < 4.78 is 0. The van der Waals surface area contributed by atoms with Crippen LogP contribution in [-0.4, -0.2) is 52.4 Å². The first-order valence-corrected chi connectivity index (χ1v) is 27.5. The first kappa shape index (κ1) is 53.8. The molecular formula is C62H92N6. The van der Waals surface area contributed by atoms with Crippen molar-refractivity contribution in [1.29, 1.82) is 0 Å². The number of unbranched alkanes of at least 4 members (excludes halogenated alkanes) is 8. The maximum Gasteiger partial charge on any atom is 0.0463 e. The van der Waals surface area contributed by atoms with E-state index in [1.54, 1.807) is 0 Å². The topological polar surface area (TPSA) is 19.4 Å². The molecule has 0 aliphatic heterocycles. The largest absolute Gasteiger partial charge is 0.372 e. The van der Waals surface area contributed by atoms with Gasteiger partial charge in [0.1, 0.15) is 0 Å². The van der Waals surface area contributed by atoms with E-state index < -0.39 is 0 Å². The fourth-order valence-electron chi connectivity index (χ4n) is 9.17. The Hall–Kier alpha value is -5.10. The van der Waals surface area contributed by atoms with Gasteiger partial charge in [-0.05, 0) is 173 Å². The molecule has 0 unspecified atom stereocenters. The van der Waals surface area contributed by atoms with Crippen LogP contribution in [0, 0.1) is 0 Å². The van der Waals surface area contributed by atoms with Gasteiger partial charge in [0.2, 0.25) is 0 Å². The van der Waals surface area contributed by atoms with E-state index in [1.807, 2.05) is 0 Å². The minimum Gasteiger partial charge on any atom is -0.372 e. The number of benzene rings is 5. The average Bonchev–Trinajstić information content (AvgIpc) is 3.38. The molecule has 5 aromatic carbocycles. The highest BCUT2D eigenvalue weighted by Crippen LogP contribution is 2.41. The molecule has 0 aromatic heterocycles. The van der Waals surface area contributed by atoms with Gasteiger partial charge >= 0.3 is 0 Å². The van der Waals surface area contributed by atoms with Crippen molar-refractivity contribution in [1.82, 2.24) is 0 Å². The fraction of sp³-hybridized carbons (Fsp3) is 0.516. The molecule has 0 aliphatic rings. The molecule has 0 atom stereocenters. The van der Waals surface area contributed by atoms with Crippen molar-refractivity contribution in [2.45, 2.75) is 158 Å². The second kappa shape index (κ2) is 30.4. The number of nitrogens with zero attached hydrogens (tertiary/aromatic N) is 6. The smallest absolute Gasteiger partial charge is 0.0463 e. The van der Waals surface area contributed by atoms with Gasteiger partial charge in [-0.2, -0.15) is 0 Å². The summed E-state index contributed by atoms with van der Waals surface area (Å²) in [7, 11) is 0. The lowest BCUT2D eigenvalue weighted by Gasteiger charge is -2.31. The molecule has 5 aromatic rings. The standard InChI is InChI=1S/C62H92N6/c1-9-17-45-63(46-18-10-2)53-25-33-57(34-26-53)67(58-35-27-54(28-36-58)64(47-19-11-3)48-20-12-4)61-41-43-62(44-42-61)68(59-37-29-55(30-38-59)65(49-21-13-5)50-22-14-6)60-39-31-56(32-40-60)66(51-23-15-7)52-24-16-8/h25-44H,9-24,45-52H2,1-8H3. The number of hydrogen-bond acceptors (Lipinski definition) is 6. The van der Waals surface area contributed by atoms with Crippen molar-refractivity contribution in [3.63, 3.8) is 0 Å². The van der Waals surface area contributed by atoms with Crippen LogP contribution in [0.5, 0.6) is 0 Å². The Labute approximate surface area is 416 Å². The van der Waals surface area contributed by atoms with Crippen LogP contribution >= 0.6 is 0 Å². The lowest BCUT2D eigenvalue weighted by atomic mass is 10.1. The van der Waals surface area contributed by atoms with Crippen LogP contribution < -0.4 is 29.4 Å². The summed E-state index contributed by atoms with van der Waals surface area (Å²) in [5.41, 5.74) is 12.2. The normalized spacial score (nSPS) is 11.2. The molecule has 6 nitrogen and oxygen atoms in total. The maximum atomic E-state index is 2.58. The minimum absolute atomic E-state index is 1.10. The summed E-state index contributed by atoms with van der Waals surface area (Å²) in [5, 5.41) is 0. The molecule has 0 aliphatic carbocycles. The van der Waals surface area contributed by atoms with Crippen molar-refractivity contribution in [2.24, 2.45) is 0 Å². The van der Waals surface area contributed by atoms with Gasteiger partial charge in [0.25, 0.3) is 0 Å². The Morgan fingerprint density at radius 3 is 0.426 bits per heavy atom. The lowest BCUT2D eigenvalue weighted by molar-refractivity contribution is 0.678. The highest BCUT2D eigenvalue weighted by molar-refractivity contribution is 5.82. The zero-order valence-electron chi connectivity index (χ0n) is 44.2. The second-order valence-electron chi connectivity index (χ2n) is 19.0. The minimum atomic E-state index is 1.10. The molecule has 0 N–H and O–H groups in total. The van der Waals surface area contributed by atoms with Gasteiger partial charge < -0.3 is 29.4 Å². The van der Waals surface area contributed by atoms with Crippen molar-refractivity contribution in [3.8, 4) is 0 Å². The monoisotopic (exact) mass is 921 g/mol. The Morgan fingerprint density at radius 2 is 0.309 bits per heavy atom. The van der Waals surface area contributed by atoms with Crippen LogP contribution in [-0.2, 0) is 0 Å². The van der Waals surface area contributed by atoms with Gasteiger partial charge in [-0.15, -0.1) is 0 Å². The quantitative estimate of drug-likeness (QED) is 0.0407. The molecule has 6 heteroatoms. The van der Waals surface area contributed by atoms with E-state index in [9.17, 15) is 0 Å². The van der Waals surface area contributed by atoms with Gasteiger partial charge in [-0.1, -0.05) is 107 Å². The third-order valence-corrected chi connectivity index (χ3v) is 13.5. The van der Waals surface area contributed by atoms with Crippen LogP contribution in [0.15, 0.2) is 121 Å². The molecular weight excluding hydrogens is 829 g/mol. The SMILES string of the molecule is CCCCN(CCCC)c1ccc(N(c2ccc(N(CCCC)CCCC)cc2)c2ccc(N(c3ccc(N(CCCC)CCCC)cc3)c3ccc(N(CCCC)CCCC)cc3)cc2)cc1. The molecule has 68 heavy (non-hydrogen) atoms. The van der Waals surface area contributed by atoms with E-state index in [0.717, 1.165) is 63.7 Å². The highest BCUT2D eigenvalue weighted by Gasteiger charge is 2.19. The van der Waals surface area contributed by atoms with E-state index in [2.05, 4.69) is 206 Å². The number of anilines is 10. The van der Waals surface area contributed by atoms with E-state index in [1.165, 1.54) is 148 Å². The van der Waals surface area contributed by atoms with Gasteiger partial charge in [0.15, 0.2) is 0 Å². The van der Waals surface area contributed by atoms with E-state index >= 15 is 0 Å². The molecule has 0 saturated carbocycles. The summed E-state index contributed by atoms with van der Waals surface area (Å²) in [6.45, 7) is 27.1. The van der Waals surface area contributed by atoms with Crippen molar-refractivity contribution in [2.75, 3.05) is 81.8 Å². The Morgan fingerprint density at radius 1 is 0.191 bits per heavy atom. The summed E-state index contributed by atoms with van der Waals surface area (Å²) >= 11 is 0. The van der Waals surface area contributed by atoms with E-state index in [-0.39, 0.29) is 0 Å². The molecule has 0 heterocycles. The summed E-state index contributed by atoms with van der Waals surface area (Å²) in [4.78, 5) is 15.2. The average molecular weight is 921 g/mol. The highest BCUT2D eigenvalue weighted by atomic mass is 15.2. The Balaban J connectivity index is 1.58. The van der Waals surface area contributed by atoms with Crippen LogP contribution in [0.4, 0.5) is 56.9 Å². The molecule has 0 spiro atoms. The van der Waals surface area contributed by atoms with Crippen molar-refractivity contribution < 1.29 is 0 Å². The van der Waals surface area contributed by atoms with Crippen LogP contribution in [0.3, 0.4) is 0 Å². The molecule has 0 saturated heterocycles. The number of rotatable bonds is 34. The zero-order valence-corrected chi connectivity index (χ0v) is 44.2. The Bertz CT molecular complexity index is 1740. The van der Waals surface area contributed by atoms with Crippen molar-refractivity contribution >= 4 is 56.9 Å². The van der Waals surface area contributed by atoms with Crippen LogP contribution in [0.1, 0.15) is 158 Å². The van der Waals surface area contributed by atoms with Gasteiger partial charge in [0.05, 0.1) is 0 Å². The van der Waals surface area contributed by atoms with Crippen molar-refractivity contribution in [3.05, 3.63) is 121 Å². The zero-order chi connectivity index (χ0) is 48.4. The fourth-order valence-corrected chi connectivity index (χ4v) is 9.17. The van der Waals surface area contributed by atoms with Gasteiger partial charge in [-0.3, -0.25) is 0 Å². The van der Waals surface area contributed by atoms with Gasteiger partial charge in [0, 0.05) is 109 Å². The van der Waals surface area contributed by atoms with E-state index in [4.69, 9.17) is 0 Å². The summed E-state index contributed by atoms with van der Waals surface area (Å²) in [5.74, 6) is 0. The first-order valence-electron chi connectivity index (χ1n) is 27.5. The third kappa shape index (κ3) is 16.0. The molecule has 0 radical (unpaired) electrons. The maximum absolute atomic E-state index is 2.58. The molecule has 370 valence electrons. The molecule has 5 rings (SSSR count). The third-order valence-electron chi connectivity index (χ3n) is 13.5. The van der Waals surface area contributed by atoms with Gasteiger partial charge in [-0.25, -0.2) is 0 Å². The first-order chi connectivity index (χ1) is 33.4. The molecule has 0 amide bonds. The molecule has 0 bridgehead atoms. The number of hydrogen-bond donors (Lipinski definition) is 0.